The fraction of sp³-hybridized carbons (Fsp3) is 0.385. The van der Waals surface area contributed by atoms with Crippen LogP contribution in [-0.2, 0) is 4.74 Å². The number of epoxide rings is 1. The third kappa shape index (κ3) is 3.21. The van der Waals surface area contributed by atoms with E-state index in [1.165, 1.54) is 5.56 Å². The predicted molar refractivity (Wildman–Crippen MR) is 71.6 cm³/mol. The normalized spacial score (nSPS) is 25.0. The van der Waals surface area contributed by atoms with E-state index in [1.807, 2.05) is 24.3 Å². The van der Waals surface area contributed by atoms with Crippen LogP contribution in [0.5, 0.6) is 0 Å². The Kier molecular flexibility index (Phi) is 3.24. The molecular formula is C13H17ClOSi. The minimum Gasteiger partial charge on any atom is -0.360 e. The summed E-state index contributed by atoms with van der Waals surface area (Å²) in [6, 6.07) is 7.90. The van der Waals surface area contributed by atoms with Crippen LogP contribution in [0.2, 0.25) is 24.7 Å². The first-order valence-electron chi connectivity index (χ1n) is 5.56. The van der Waals surface area contributed by atoms with Crippen LogP contribution in [0.1, 0.15) is 11.7 Å². The highest BCUT2D eigenvalue weighted by molar-refractivity contribution is 6.80. The summed E-state index contributed by atoms with van der Waals surface area (Å²) in [6.07, 6.45) is 2.73. The Morgan fingerprint density at radius 3 is 2.38 bits per heavy atom. The summed E-state index contributed by atoms with van der Waals surface area (Å²) in [4.78, 5) is 0. The van der Waals surface area contributed by atoms with Gasteiger partial charge < -0.3 is 4.74 Å². The summed E-state index contributed by atoms with van der Waals surface area (Å²) in [6.45, 7) is 6.97. The lowest BCUT2D eigenvalue weighted by Crippen LogP contribution is -2.15. The molecule has 0 aliphatic carbocycles. The molecule has 1 saturated heterocycles. The second kappa shape index (κ2) is 4.36. The smallest absolute Gasteiger partial charge is 0.113 e. The molecule has 0 radical (unpaired) electrons. The number of rotatable bonds is 3. The van der Waals surface area contributed by atoms with Gasteiger partial charge in [-0.3, -0.25) is 0 Å². The van der Waals surface area contributed by atoms with Crippen molar-refractivity contribution in [3.8, 4) is 0 Å². The van der Waals surface area contributed by atoms with Crippen LogP contribution < -0.4 is 0 Å². The largest absolute Gasteiger partial charge is 0.360 e. The van der Waals surface area contributed by atoms with Crippen molar-refractivity contribution < 1.29 is 4.74 Å². The van der Waals surface area contributed by atoms with E-state index in [0.29, 0.717) is 0 Å². The molecule has 86 valence electrons. The Balaban J connectivity index is 1.97. The molecule has 0 unspecified atom stereocenters. The third-order valence-electron chi connectivity index (χ3n) is 2.51. The molecule has 1 aromatic carbocycles. The predicted octanol–water partition coefficient (Wildman–Crippen LogP) is 4.21. The Bertz CT molecular complexity index is 391. The molecule has 0 amide bonds. The molecule has 1 heterocycles. The summed E-state index contributed by atoms with van der Waals surface area (Å²) in [7, 11) is -1.10. The molecule has 2 rings (SSSR count). The highest BCUT2D eigenvalue weighted by Crippen LogP contribution is 2.40. The molecule has 0 saturated carbocycles. The number of hydrogen-bond donors (Lipinski definition) is 0. The molecule has 16 heavy (non-hydrogen) atoms. The van der Waals surface area contributed by atoms with Crippen LogP contribution in [-0.4, -0.2) is 14.2 Å². The Morgan fingerprint density at radius 1 is 1.19 bits per heavy atom. The Labute approximate surface area is 103 Å². The summed E-state index contributed by atoms with van der Waals surface area (Å²) in [5.41, 5.74) is 3.56. The van der Waals surface area contributed by atoms with E-state index >= 15 is 0 Å². The molecule has 0 bridgehead atoms. The van der Waals surface area contributed by atoms with Crippen molar-refractivity contribution in [2.75, 3.05) is 0 Å². The van der Waals surface area contributed by atoms with Gasteiger partial charge in [0.1, 0.15) is 12.2 Å². The highest BCUT2D eigenvalue weighted by atomic mass is 35.5. The van der Waals surface area contributed by atoms with E-state index in [4.69, 9.17) is 16.3 Å². The monoisotopic (exact) mass is 252 g/mol. The zero-order valence-electron chi connectivity index (χ0n) is 9.91. The first-order chi connectivity index (χ1) is 7.46. The molecular weight excluding hydrogens is 236 g/mol. The first kappa shape index (κ1) is 11.9. The van der Waals surface area contributed by atoms with Gasteiger partial charge in [0.25, 0.3) is 0 Å². The van der Waals surface area contributed by atoms with Crippen LogP contribution in [0.3, 0.4) is 0 Å². The SMILES string of the molecule is C[Si](C)(C)/C=C/[C@@H]1O[C@H]1c1ccc(Cl)cc1. The van der Waals surface area contributed by atoms with Crippen LogP contribution in [0.15, 0.2) is 36.0 Å². The average molecular weight is 253 g/mol. The Morgan fingerprint density at radius 2 is 1.81 bits per heavy atom. The topological polar surface area (TPSA) is 12.5 Å². The first-order valence-corrected chi connectivity index (χ1v) is 9.51. The van der Waals surface area contributed by atoms with Crippen LogP contribution >= 0.6 is 11.6 Å². The van der Waals surface area contributed by atoms with E-state index in [-0.39, 0.29) is 12.2 Å². The van der Waals surface area contributed by atoms with Crippen molar-refractivity contribution in [1.82, 2.24) is 0 Å². The molecule has 2 atom stereocenters. The van der Waals surface area contributed by atoms with Crippen LogP contribution in [0.4, 0.5) is 0 Å². The summed E-state index contributed by atoms with van der Waals surface area (Å²) >= 11 is 5.84. The van der Waals surface area contributed by atoms with Gasteiger partial charge in [-0.2, -0.15) is 0 Å². The fourth-order valence-electron chi connectivity index (χ4n) is 1.57. The molecule has 1 aromatic rings. The lowest BCUT2D eigenvalue weighted by molar-refractivity contribution is 0.394. The standard InChI is InChI=1S/C13H17ClOSi/c1-16(2,3)9-8-12-13(15-12)10-4-6-11(14)7-5-10/h4-9,12-13H,1-3H3/b9-8+/t12-,13-/m0/s1. The highest BCUT2D eigenvalue weighted by Gasteiger charge is 2.37. The lowest BCUT2D eigenvalue weighted by Gasteiger charge is -2.07. The minimum atomic E-state index is -1.10. The molecule has 3 heteroatoms. The van der Waals surface area contributed by atoms with Gasteiger partial charge in [-0.05, 0) is 17.7 Å². The number of halogens is 1. The lowest BCUT2D eigenvalue weighted by atomic mass is 10.1. The van der Waals surface area contributed by atoms with Gasteiger partial charge in [-0.25, -0.2) is 0 Å². The van der Waals surface area contributed by atoms with E-state index < -0.39 is 8.07 Å². The van der Waals surface area contributed by atoms with Crippen LogP contribution in [0.25, 0.3) is 0 Å². The summed E-state index contributed by atoms with van der Waals surface area (Å²) in [5, 5.41) is 0.776. The molecule has 0 spiro atoms. The fourth-order valence-corrected chi connectivity index (χ4v) is 2.47. The maximum Gasteiger partial charge on any atom is 0.113 e. The minimum absolute atomic E-state index is 0.241. The quantitative estimate of drug-likeness (QED) is 0.580. The van der Waals surface area contributed by atoms with Gasteiger partial charge in [0.15, 0.2) is 0 Å². The van der Waals surface area contributed by atoms with Gasteiger partial charge in [-0.15, -0.1) is 0 Å². The van der Waals surface area contributed by atoms with Crippen molar-refractivity contribution in [1.29, 1.82) is 0 Å². The molecule has 0 N–H and O–H groups in total. The number of benzene rings is 1. The van der Waals surface area contributed by atoms with Crippen molar-refractivity contribution in [3.63, 3.8) is 0 Å². The molecule has 1 fully saturated rings. The van der Waals surface area contributed by atoms with E-state index in [9.17, 15) is 0 Å². The van der Waals surface area contributed by atoms with Crippen molar-refractivity contribution in [2.24, 2.45) is 0 Å². The summed E-state index contributed by atoms with van der Waals surface area (Å²) < 4.78 is 5.63. The molecule has 1 nitrogen and oxygen atoms in total. The van der Waals surface area contributed by atoms with Gasteiger partial charge in [0.2, 0.25) is 0 Å². The number of hydrogen-bond acceptors (Lipinski definition) is 1. The zero-order chi connectivity index (χ0) is 11.8. The molecule has 0 aromatic heterocycles. The second-order valence-corrected chi connectivity index (χ2v) is 10.8. The second-order valence-electron chi connectivity index (χ2n) is 5.30. The zero-order valence-corrected chi connectivity index (χ0v) is 11.7. The molecule has 1 aliphatic heterocycles. The van der Waals surface area contributed by atoms with Gasteiger partial charge in [-0.1, -0.05) is 55.2 Å². The third-order valence-corrected chi connectivity index (χ3v) is 3.95. The van der Waals surface area contributed by atoms with Crippen LogP contribution in [0, 0.1) is 0 Å². The number of ether oxygens (including phenoxy) is 1. The summed E-state index contributed by atoms with van der Waals surface area (Å²) in [5.74, 6) is 0. The van der Waals surface area contributed by atoms with Crippen molar-refractivity contribution in [2.45, 2.75) is 31.8 Å². The van der Waals surface area contributed by atoms with E-state index in [0.717, 1.165) is 5.02 Å². The molecule has 1 aliphatic rings. The van der Waals surface area contributed by atoms with Crippen molar-refractivity contribution in [3.05, 3.63) is 46.6 Å². The van der Waals surface area contributed by atoms with Crippen molar-refractivity contribution >= 4 is 19.7 Å². The Hall–Kier alpha value is -0.573. The van der Waals surface area contributed by atoms with E-state index in [2.05, 4.69) is 31.4 Å². The maximum atomic E-state index is 5.84. The maximum absolute atomic E-state index is 5.84. The average Bonchev–Trinajstić information content (AvgIpc) is 2.94. The van der Waals surface area contributed by atoms with Gasteiger partial charge >= 0.3 is 0 Å². The van der Waals surface area contributed by atoms with Gasteiger partial charge in [0, 0.05) is 5.02 Å². The van der Waals surface area contributed by atoms with E-state index in [1.54, 1.807) is 0 Å². The van der Waals surface area contributed by atoms with Gasteiger partial charge in [0.05, 0.1) is 8.07 Å².